The molecule has 0 aliphatic heterocycles. The van der Waals surface area contributed by atoms with Crippen molar-refractivity contribution in [3.8, 4) is 5.75 Å². The lowest BCUT2D eigenvalue weighted by atomic mass is 9.76. The van der Waals surface area contributed by atoms with Gasteiger partial charge in [0.2, 0.25) is 0 Å². The molecule has 1 saturated carbocycles. The van der Waals surface area contributed by atoms with Crippen LogP contribution in [0.25, 0.3) is 0 Å². The first-order valence-electron chi connectivity index (χ1n) is 6.53. The topological polar surface area (TPSA) is 35.2 Å². The van der Waals surface area contributed by atoms with Crippen LogP contribution in [0.3, 0.4) is 0 Å². The predicted octanol–water partition coefficient (Wildman–Crippen LogP) is 3.67. The minimum atomic E-state index is 0.355. The van der Waals surface area contributed by atoms with Gasteiger partial charge in [0.1, 0.15) is 10.7 Å². The van der Waals surface area contributed by atoms with Crippen LogP contribution in [0, 0.1) is 5.41 Å². The average Bonchev–Trinajstić information content (AvgIpc) is 2.33. The Bertz CT molecular complexity index is 415. The van der Waals surface area contributed by atoms with Gasteiger partial charge in [-0.15, -0.1) is 0 Å². The molecule has 0 radical (unpaired) electrons. The van der Waals surface area contributed by atoms with Gasteiger partial charge in [-0.25, -0.2) is 0 Å². The van der Waals surface area contributed by atoms with Gasteiger partial charge < -0.3 is 10.5 Å². The maximum atomic E-state index is 6.00. The minimum absolute atomic E-state index is 0.355. The van der Waals surface area contributed by atoms with E-state index in [0.29, 0.717) is 16.5 Å². The molecule has 0 atom stereocenters. The number of rotatable bonds is 3. The molecule has 0 unspecified atom stereocenters. The molecule has 0 spiro atoms. The third-order valence-electron chi connectivity index (χ3n) is 3.73. The molecule has 2 nitrogen and oxygen atoms in total. The molecule has 98 valence electrons. The lowest BCUT2D eigenvalue weighted by molar-refractivity contribution is 0.0988. The van der Waals surface area contributed by atoms with E-state index in [0.717, 1.165) is 24.2 Å². The van der Waals surface area contributed by atoms with E-state index in [-0.39, 0.29) is 0 Å². The molecule has 3 heteroatoms. The van der Waals surface area contributed by atoms with Gasteiger partial charge in [0.25, 0.3) is 0 Å². The number of thiocarbonyl (C=S) groups is 1. The summed E-state index contributed by atoms with van der Waals surface area (Å²) in [6.07, 6.45) is 5.12. The standard InChI is InChI=1S/C15H21NOS/c1-15(2)9-7-13(8-10-15)17-12-5-3-11(4-6-12)14(16)18/h3-6,13H,7-10H2,1-2H3,(H2,16,18). The highest BCUT2D eigenvalue weighted by Gasteiger charge is 2.27. The van der Waals surface area contributed by atoms with Crippen LogP contribution in [0.2, 0.25) is 0 Å². The van der Waals surface area contributed by atoms with Gasteiger partial charge in [-0.1, -0.05) is 26.1 Å². The van der Waals surface area contributed by atoms with E-state index in [1.807, 2.05) is 24.3 Å². The Morgan fingerprint density at radius 1 is 1.22 bits per heavy atom. The maximum absolute atomic E-state index is 6.00. The van der Waals surface area contributed by atoms with Gasteiger partial charge in [0.05, 0.1) is 6.10 Å². The van der Waals surface area contributed by atoms with Gasteiger partial charge in [-0.3, -0.25) is 0 Å². The Hall–Kier alpha value is -1.09. The van der Waals surface area contributed by atoms with Crippen LogP contribution in [0.5, 0.6) is 5.75 Å². The smallest absolute Gasteiger partial charge is 0.119 e. The van der Waals surface area contributed by atoms with E-state index in [1.165, 1.54) is 12.8 Å². The van der Waals surface area contributed by atoms with Crippen molar-refractivity contribution >= 4 is 17.2 Å². The highest BCUT2D eigenvalue weighted by Crippen LogP contribution is 2.36. The lowest BCUT2D eigenvalue weighted by Gasteiger charge is -2.34. The number of ether oxygens (including phenoxy) is 1. The van der Waals surface area contributed by atoms with Gasteiger partial charge in [-0.2, -0.15) is 0 Å². The molecule has 1 aliphatic carbocycles. The van der Waals surface area contributed by atoms with Crippen LogP contribution >= 0.6 is 12.2 Å². The number of benzene rings is 1. The van der Waals surface area contributed by atoms with Gasteiger partial charge in [-0.05, 0) is 55.4 Å². The third-order valence-corrected chi connectivity index (χ3v) is 3.96. The summed E-state index contributed by atoms with van der Waals surface area (Å²) in [6.45, 7) is 4.67. The Labute approximate surface area is 115 Å². The first kappa shape index (κ1) is 13.3. The molecule has 1 aromatic rings. The predicted molar refractivity (Wildman–Crippen MR) is 79.0 cm³/mol. The van der Waals surface area contributed by atoms with Crippen molar-refractivity contribution in [2.75, 3.05) is 0 Å². The number of nitrogens with two attached hydrogens (primary N) is 1. The Balaban J connectivity index is 1.92. The molecular formula is C15H21NOS. The number of hydrogen-bond donors (Lipinski definition) is 1. The van der Waals surface area contributed by atoms with E-state index < -0.39 is 0 Å². The molecule has 1 aliphatic rings. The fourth-order valence-corrected chi connectivity index (χ4v) is 2.52. The quantitative estimate of drug-likeness (QED) is 0.845. The molecule has 0 aromatic heterocycles. The van der Waals surface area contributed by atoms with Crippen molar-refractivity contribution in [1.82, 2.24) is 0 Å². The second kappa shape index (κ2) is 5.27. The summed E-state index contributed by atoms with van der Waals surface area (Å²) in [7, 11) is 0. The van der Waals surface area contributed by atoms with Crippen molar-refractivity contribution < 1.29 is 4.74 Å². The molecule has 0 heterocycles. The van der Waals surface area contributed by atoms with Crippen LogP contribution in [0.1, 0.15) is 45.1 Å². The van der Waals surface area contributed by atoms with Gasteiger partial charge in [0, 0.05) is 5.56 Å². The highest BCUT2D eigenvalue weighted by atomic mass is 32.1. The summed E-state index contributed by atoms with van der Waals surface area (Å²) >= 11 is 4.93. The Morgan fingerprint density at radius 3 is 2.28 bits per heavy atom. The van der Waals surface area contributed by atoms with E-state index in [4.69, 9.17) is 22.7 Å². The van der Waals surface area contributed by atoms with Crippen LogP contribution in [0.4, 0.5) is 0 Å². The van der Waals surface area contributed by atoms with Crippen molar-refractivity contribution in [3.05, 3.63) is 29.8 Å². The Kier molecular flexibility index (Phi) is 3.91. The summed E-state index contributed by atoms with van der Waals surface area (Å²) in [6, 6.07) is 7.75. The molecule has 0 saturated heterocycles. The SMILES string of the molecule is CC1(C)CCC(Oc2ccc(C(N)=S)cc2)CC1. The van der Waals surface area contributed by atoms with Gasteiger partial charge in [0.15, 0.2) is 0 Å². The molecule has 2 N–H and O–H groups in total. The van der Waals surface area contributed by atoms with Crippen molar-refractivity contribution in [2.45, 2.75) is 45.6 Å². The van der Waals surface area contributed by atoms with Crippen molar-refractivity contribution in [2.24, 2.45) is 11.1 Å². The summed E-state index contributed by atoms with van der Waals surface area (Å²) in [5.41, 5.74) is 6.94. The van der Waals surface area contributed by atoms with E-state index in [1.54, 1.807) is 0 Å². The molecular weight excluding hydrogens is 242 g/mol. The second-order valence-electron chi connectivity index (χ2n) is 5.87. The zero-order valence-electron chi connectivity index (χ0n) is 11.1. The fourth-order valence-electron chi connectivity index (χ4n) is 2.38. The zero-order chi connectivity index (χ0) is 13.2. The average molecular weight is 263 g/mol. The highest BCUT2D eigenvalue weighted by molar-refractivity contribution is 7.80. The minimum Gasteiger partial charge on any atom is -0.490 e. The summed E-state index contributed by atoms with van der Waals surface area (Å²) in [5.74, 6) is 0.916. The lowest BCUT2D eigenvalue weighted by Crippen LogP contribution is -2.28. The number of hydrogen-bond acceptors (Lipinski definition) is 2. The maximum Gasteiger partial charge on any atom is 0.119 e. The normalized spacial score (nSPS) is 19.4. The largest absolute Gasteiger partial charge is 0.490 e. The van der Waals surface area contributed by atoms with Gasteiger partial charge >= 0.3 is 0 Å². The van der Waals surface area contributed by atoms with Crippen LogP contribution in [-0.4, -0.2) is 11.1 Å². The van der Waals surface area contributed by atoms with E-state index >= 15 is 0 Å². The third kappa shape index (κ3) is 3.45. The molecule has 2 rings (SSSR count). The first-order valence-corrected chi connectivity index (χ1v) is 6.94. The van der Waals surface area contributed by atoms with Crippen LogP contribution in [-0.2, 0) is 0 Å². The summed E-state index contributed by atoms with van der Waals surface area (Å²) in [5, 5.41) is 0. The summed E-state index contributed by atoms with van der Waals surface area (Å²) in [4.78, 5) is 0.431. The van der Waals surface area contributed by atoms with Crippen LogP contribution in [0.15, 0.2) is 24.3 Å². The Morgan fingerprint density at radius 2 is 1.78 bits per heavy atom. The monoisotopic (exact) mass is 263 g/mol. The van der Waals surface area contributed by atoms with Crippen LogP contribution < -0.4 is 10.5 Å². The summed E-state index contributed by atoms with van der Waals surface area (Å²) < 4.78 is 6.00. The second-order valence-corrected chi connectivity index (χ2v) is 6.31. The van der Waals surface area contributed by atoms with E-state index in [9.17, 15) is 0 Å². The molecule has 0 amide bonds. The van der Waals surface area contributed by atoms with Crippen molar-refractivity contribution in [3.63, 3.8) is 0 Å². The fraction of sp³-hybridized carbons (Fsp3) is 0.533. The molecule has 1 fully saturated rings. The molecule has 18 heavy (non-hydrogen) atoms. The van der Waals surface area contributed by atoms with Crippen molar-refractivity contribution in [1.29, 1.82) is 0 Å². The first-order chi connectivity index (χ1) is 8.46. The zero-order valence-corrected chi connectivity index (χ0v) is 11.9. The molecule has 0 bridgehead atoms. The molecule has 1 aromatic carbocycles. The van der Waals surface area contributed by atoms with E-state index in [2.05, 4.69) is 13.8 Å².